The molecule has 0 spiro atoms. The van der Waals surface area contributed by atoms with Gasteiger partial charge in [-0.15, -0.1) is 0 Å². The van der Waals surface area contributed by atoms with Crippen LogP contribution < -0.4 is 4.90 Å². The molecule has 1 aliphatic heterocycles. The fourth-order valence-electron chi connectivity index (χ4n) is 11.2. The third-order valence-electron chi connectivity index (χ3n) is 14.0. The Morgan fingerprint density at radius 1 is 0.880 bits per heavy atom. The van der Waals surface area contributed by atoms with Gasteiger partial charge in [0.05, 0.1) is 23.7 Å². The molecule has 3 aromatic rings. The van der Waals surface area contributed by atoms with Gasteiger partial charge in [-0.3, -0.25) is 24.6 Å². The van der Waals surface area contributed by atoms with Crippen molar-refractivity contribution in [2.75, 3.05) is 18.1 Å². The van der Waals surface area contributed by atoms with E-state index in [4.69, 9.17) is 19.7 Å². The molecule has 50 heavy (non-hydrogen) atoms. The number of aryl methyl sites for hydroxylation is 2. The molecule has 0 bridgehead atoms. The molecule has 10 heteroatoms. The summed E-state index contributed by atoms with van der Waals surface area (Å²) >= 11 is 0. The molecule has 10 nitrogen and oxygen atoms in total. The molecule has 0 saturated heterocycles. The predicted molar refractivity (Wildman–Crippen MR) is 191 cm³/mol. The van der Waals surface area contributed by atoms with E-state index in [2.05, 4.69) is 29.0 Å². The van der Waals surface area contributed by atoms with E-state index in [0.717, 1.165) is 97.6 Å². The van der Waals surface area contributed by atoms with Crippen LogP contribution in [0.1, 0.15) is 115 Å². The van der Waals surface area contributed by atoms with Crippen LogP contribution in [0.2, 0.25) is 0 Å². The molecule has 4 fully saturated rings. The monoisotopic (exact) mass is 679 g/mol. The highest BCUT2D eigenvalue weighted by Crippen LogP contribution is 2.66. The van der Waals surface area contributed by atoms with Crippen molar-refractivity contribution in [1.29, 1.82) is 0 Å². The Hall–Kier alpha value is -3.53. The van der Waals surface area contributed by atoms with Crippen molar-refractivity contribution in [2.24, 2.45) is 34.5 Å². The number of aromatic amines is 1. The largest absolute Gasteiger partial charge is 0.378 e. The number of fused-ring (bicyclic) bond motifs is 6. The van der Waals surface area contributed by atoms with Crippen molar-refractivity contribution in [3.05, 3.63) is 36.0 Å². The molecule has 8 rings (SSSR count). The number of ketones is 1. The Bertz CT molecular complexity index is 1730. The number of carbonyl (C=O) groups is 2. The number of nitrogens with zero attached hydrogens (tertiary/aromatic N) is 6. The van der Waals surface area contributed by atoms with Crippen molar-refractivity contribution in [1.82, 2.24) is 30.1 Å². The first-order valence-electron chi connectivity index (χ1n) is 19.4. The Morgan fingerprint density at radius 2 is 1.74 bits per heavy atom. The Balaban J connectivity index is 0.822. The number of rotatable bonds is 10. The average Bonchev–Trinajstić information content (AvgIpc) is 3.77. The fourth-order valence-corrected chi connectivity index (χ4v) is 11.2. The van der Waals surface area contributed by atoms with Crippen LogP contribution in [0.3, 0.4) is 0 Å². The van der Waals surface area contributed by atoms with Crippen molar-refractivity contribution < 1.29 is 14.3 Å². The molecule has 3 aromatic heterocycles. The van der Waals surface area contributed by atoms with E-state index in [9.17, 15) is 9.59 Å². The maximum atomic E-state index is 13.1. The number of ether oxygens (including phenoxy) is 1. The fraction of sp³-hybridized carbons (Fsp3) is 0.675. The summed E-state index contributed by atoms with van der Waals surface area (Å²) in [4.78, 5) is 45.8. The van der Waals surface area contributed by atoms with E-state index < -0.39 is 0 Å². The summed E-state index contributed by atoms with van der Waals surface area (Å²) < 4.78 is 6.71. The van der Waals surface area contributed by atoms with Gasteiger partial charge in [0.15, 0.2) is 11.6 Å². The zero-order valence-corrected chi connectivity index (χ0v) is 30.1. The van der Waals surface area contributed by atoms with Gasteiger partial charge in [-0.2, -0.15) is 5.10 Å². The zero-order valence-electron chi connectivity index (χ0n) is 30.1. The molecule has 4 aliphatic carbocycles. The first kappa shape index (κ1) is 33.6. The van der Waals surface area contributed by atoms with Gasteiger partial charge in [-0.05, 0) is 111 Å². The first-order chi connectivity index (χ1) is 24.2. The third-order valence-corrected chi connectivity index (χ3v) is 14.0. The maximum absolute atomic E-state index is 13.1. The van der Waals surface area contributed by atoms with Gasteiger partial charge in [0.1, 0.15) is 17.8 Å². The third kappa shape index (κ3) is 5.99. The van der Waals surface area contributed by atoms with E-state index in [1.165, 1.54) is 44.9 Å². The summed E-state index contributed by atoms with van der Waals surface area (Å²) in [5.41, 5.74) is 4.70. The molecular weight excluding hydrogens is 626 g/mol. The minimum atomic E-state index is 0.126. The second-order valence-electron chi connectivity index (χ2n) is 16.5. The van der Waals surface area contributed by atoms with E-state index in [-0.39, 0.29) is 5.91 Å². The molecule has 0 radical (unpaired) electrons. The number of nitrogens with one attached hydrogen (secondary N) is 1. The lowest BCUT2D eigenvalue weighted by Crippen LogP contribution is -2.54. The van der Waals surface area contributed by atoms with E-state index in [0.29, 0.717) is 59.7 Å². The number of carbonyl (C=O) groups excluding carboxylic acids is 2. The molecule has 1 amide bonds. The Labute approximate surface area is 296 Å². The van der Waals surface area contributed by atoms with Crippen LogP contribution in [0.25, 0.3) is 22.8 Å². The smallest absolute Gasteiger partial charge is 0.228 e. The van der Waals surface area contributed by atoms with Gasteiger partial charge in [-0.25, -0.2) is 15.0 Å². The van der Waals surface area contributed by atoms with Gasteiger partial charge < -0.3 is 4.74 Å². The summed E-state index contributed by atoms with van der Waals surface area (Å²) in [7, 11) is 0. The number of hydrogen-bond donors (Lipinski definition) is 1. The molecule has 0 unspecified atom stereocenters. The van der Waals surface area contributed by atoms with Gasteiger partial charge in [-0.1, -0.05) is 26.7 Å². The number of unbranched alkanes of at least 4 members (excludes halogenated alkanes) is 3. The molecule has 4 saturated carbocycles. The zero-order chi connectivity index (χ0) is 34.5. The number of hydrogen-bond acceptors (Lipinski definition) is 8. The van der Waals surface area contributed by atoms with Crippen LogP contribution in [0.15, 0.2) is 24.7 Å². The molecule has 5 aliphatic rings. The summed E-state index contributed by atoms with van der Waals surface area (Å²) in [6, 6.07) is 3.88. The SMILES string of the molecule is Cc1nc(-c2ncn[nH]2)ccc1-c1cnc2c(n1)N(CCCCCCO[C@H]1CC[C@H]3[C@@H]4CC[C@H]5CC(=O)CC[C@]5(C)[C@H]4CC[C@]13C)C(=O)CC2. The van der Waals surface area contributed by atoms with Crippen LogP contribution in [-0.4, -0.2) is 61.1 Å². The molecule has 1 N–H and O–H groups in total. The second kappa shape index (κ2) is 13.5. The van der Waals surface area contributed by atoms with Crippen LogP contribution in [0.5, 0.6) is 0 Å². The number of anilines is 1. The minimum Gasteiger partial charge on any atom is -0.378 e. The number of Topliss-reactive ketones (excluding diaryl/α,β-unsaturated/α-hetero) is 1. The molecule has 4 heterocycles. The lowest BCUT2D eigenvalue weighted by atomic mass is 9.45. The number of amides is 1. The van der Waals surface area contributed by atoms with E-state index >= 15 is 0 Å². The number of pyridine rings is 1. The lowest BCUT2D eigenvalue weighted by molar-refractivity contribution is -0.145. The minimum absolute atomic E-state index is 0.126. The van der Waals surface area contributed by atoms with E-state index in [1.54, 1.807) is 6.20 Å². The average molecular weight is 680 g/mol. The van der Waals surface area contributed by atoms with Crippen molar-refractivity contribution >= 4 is 17.5 Å². The number of aromatic nitrogens is 6. The molecule has 7 atom stereocenters. The van der Waals surface area contributed by atoms with Crippen molar-refractivity contribution in [3.63, 3.8) is 0 Å². The quantitative estimate of drug-likeness (QED) is 0.219. The summed E-state index contributed by atoms with van der Waals surface area (Å²) in [6.45, 7) is 8.51. The summed E-state index contributed by atoms with van der Waals surface area (Å²) in [5, 5.41) is 6.78. The summed E-state index contributed by atoms with van der Waals surface area (Å²) in [6.07, 6.45) is 19.3. The first-order valence-corrected chi connectivity index (χ1v) is 19.4. The standard InChI is InChI=1S/C40H53N7O3/c1-25-28(10-12-32(44-25)37-42-24-43-46-37)34-23-41-33-13-15-36(49)47(38(33)45-34)20-6-4-5-7-21-50-35-14-11-30-29-9-8-26-22-27(48)16-18-39(26,2)31(29)17-19-40(30,35)3/h10,12,23-24,26,29-31,35H,4-9,11,13-22H2,1-3H3,(H,42,43,46)/t26-,29-,30-,31-,35-,39-,40-/m0/s1. The Morgan fingerprint density at radius 3 is 2.58 bits per heavy atom. The highest BCUT2D eigenvalue weighted by molar-refractivity contribution is 5.95. The second-order valence-corrected chi connectivity index (χ2v) is 16.5. The molecular formula is C40H53N7O3. The van der Waals surface area contributed by atoms with Gasteiger partial charge in [0.25, 0.3) is 0 Å². The maximum Gasteiger partial charge on any atom is 0.228 e. The van der Waals surface area contributed by atoms with Crippen LogP contribution in [0.4, 0.5) is 5.82 Å². The predicted octanol–water partition coefficient (Wildman–Crippen LogP) is 7.47. The molecule has 266 valence electrons. The topological polar surface area (TPSA) is 127 Å². The van der Waals surface area contributed by atoms with Crippen LogP contribution in [-0.2, 0) is 20.7 Å². The van der Waals surface area contributed by atoms with Gasteiger partial charge in [0, 0.05) is 50.1 Å². The van der Waals surface area contributed by atoms with Crippen LogP contribution in [0, 0.1) is 41.4 Å². The van der Waals surface area contributed by atoms with E-state index in [1.807, 2.05) is 24.0 Å². The summed E-state index contributed by atoms with van der Waals surface area (Å²) in [5.74, 6) is 4.94. The number of H-pyrrole nitrogens is 1. The normalized spacial score (nSPS) is 32.0. The molecule has 0 aromatic carbocycles. The van der Waals surface area contributed by atoms with Crippen molar-refractivity contribution in [2.45, 2.75) is 123 Å². The highest BCUT2D eigenvalue weighted by Gasteiger charge is 2.60. The van der Waals surface area contributed by atoms with Gasteiger partial charge in [0.2, 0.25) is 5.91 Å². The van der Waals surface area contributed by atoms with Gasteiger partial charge >= 0.3 is 0 Å². The van der Waals surface area contributed by atoms with Crippen molar-refractivity contribution in [3.8, 4) is 22.8 Å². The lowest BCUT2D eigenvalue weighted by Gasteiger charge is -2.60. The van der Waals surface area contributed by atoms with Crippen LogP contribution >= 0.6 is 0 Å². The highest BCUT2D eigenvalue weighted by atomic mass is 16.5. The Kier molecular flexibility index (Phi) is 9.11.